The zero-order valence-corrected chi connectivity index (χ0v) is 11.5. The molecule has 0 spiro atoms. The summed E-state index contributed by atoms with van der Waals surface area (Å²) in [5.74, 6) is 0.930. The van der Waals surface area contributed by atoms with Gasteiger partial charge in [0.15, 0.2) is 0 Å². The minimum Gasteiger partial charge on any atom is -0.307 e. The van der Waals surface area contributed by atoms with Crippen LogP contribution in [0.3, 0.4) is 0 Å². The van der Waals surface area contributed by atoms with Gasteiger partial charge in [-0.15, -0.1) is 0 Å². The van der Waals surface area contributed by atoms with Crippen LogP contribution in [0.15, 0.2) is 24.3 Å². The van der Waals surface area contributed by atoms with E-state index >= 15 is 0 Å². The number of nitrogens with one attached hydrogen (secondary N) is 1. The lowest BCUT2D eigenvalue weighted by atomic mass is 10.0. The molecule has 1 N–H and O–H groups in total. The van der Waals surface area contributed by atoms with Crippen molar-refractivity contribution in [3.63, 3.8) is 0 Å². The molecule has 1 aliphatic rings. The molecule has 1 aliphatic carbocycles. The van der Waals surface area contributed by atoms with Crippen LogP contribution in [0.2, 0.25) is 5.02 Å². The second-order valence-corrected chi connectivity index (χ2v) is 5.66. The summed E-state index contributed by atoms with van der Waals surface area (Å²) in [6.45, 7) is 4.53. The average Bonchev–Trinajstić information content (AvgIpc) is 2.77. The van der Waals surface area contributed by atoms with Crippen molar-refractivity contribution in [2.75, 3.05) is 0 Å². The van der Waals surface area contributed by atoms with E-state index in [0.717, 1.165) is 10.9 Å². The Morgan fingerprint density at radius 3 is 2.88 bits per heavy atom. The number of hydrogen-bond donors (Lipinski definition) is 1. The Morgan fingerprint density at radius 2 is 2.24 bits per heavy atom. The highest BCUT2D eigenvalue weighted by atomic mass is 35.5. The molecule has 1 nitrogen and oxygen atoms in total. The summed E-state index contributed by atoms with van der Waals surface area (Å²) in [6, 6.07) is 9.25. The van der Waals surface area contributed by atoms with E-state index in [0.29, 0.717) is 12.1 Å². The van der Waals surface area contributed by atoms with Crippen LogP contribution >= 0.6 is 11.6 Å². The number of rotatable bonds is 4. The molecule has 0 amide bonds. The van der Waals surface area contributed by atoms with Gasteiger partial charge in [-0.2, -0.15) is 0 Å². The molecule has 2 heteroatoms. The second-order valence-electron chi connectivity index (χ2n) is 5.23. The fraction of sp³-hybridized carbons (Fsp3) is 0.600. The predicted octanol–water partition coefficient (Wildman–Crippen LogP) is 4.57. The van der Waals surface area contributed by atoms with Gasteiger partial charge in [0.1, 0.15) is 0 Å². The van der Waals surface area contributed by atoms with Gasteiger partial charge in [0.2, 0.25) is 0 Å². The van der Waals surface area contributed by atoms with Gasteiger partial charge in [-0.3, -0.25) is 0 Å². The summed E-state index contributed by atoms with van der Waals surface area (Å²) in [5, 5.41) is 4.56. The quantitative estimate of drug-likeness (QED) is 0.827. The van der Waals surface area contributed by atoms with E-state index in [1.807, 2.05) is 12.1 Å². The first-order valence-corrected chi connectivity index (χ1v) is 7.08. The van der Waals surface area contributed by atoms with Crippen LogP contribution in [-0.2, 0) is 0 Å². The van der Waals surface area contributed by atoms with Gasteiger partial charge < -0.3 is 5.32 Å². The van der Waals surface area contributed by atoms with Crippen molar-refractivity contribution >= 4 is 11.6 Å². The van der Waals surface area contributed by atoms with Crippen LogP contribution in [0, 0.1) is 5.92 Å². The molecule has 0 heterocycles. The summed E-state index contributed by atoms with van der Waals surface area (Å²) in [4.78, 5) is 0. The third kappa shape index (κ3) is 3.46. The number of hydrogen-bond acceptors (Lipinski definition) is 1. The Balaban J connectivity index is 1.91. The molecule has 2 rings (SSSR count). The average molecular weight is 252 g/mol. The summed E-state index contributed by atoms with van der Waals surface area (Å²) in [7, 11) is 0. The molecular weight excluding hydrogens is 230 g/mol. The molecule has 1 aromatic rings. The van der Waals surface area contributed by atoms with Gasteiger partial charge >= 0.3 is 0 Å². The molecule has 1 aromatic carbocycles. The normalized spacial score (nSPS) is 26.1. The lowest BCUT2D eigenvalue weighted by Crippen LogP contribution is -2.29. The largest absolute Gasteiger partial charge is 0.307 e. The van der Waals surface area contributed by atoms with Gasteiger partial charge in [0.05, 0.1) is 0 Å². The predicted molar refractivity (Wildman–Crippen MR) is 74.4 cm³/mol. The highest BCUT2D eigenvalue weighted by Gasteiger charge is 2.24. The maximum Gasteiger partial charge on any atom is 0.0409 e. The van der Waals surface area contributed by atoms with Gasteiger partial charge in [0.25, 0.3) is 0 Å². The Labute approximate surface area is 110 Å². The van der Waals surface area contributed by atoms with Crippen LogP contribution in [0.1, 0.15) is 51.1 Å². The first kappa shape index (κ1) is 12.9. The first-order valence-electron chi connectivity index (χ1n) is 6.70. The van der Waals surface area contributed by atoms with Gasteiger partial charge in [-0.05, 0) is 49.8 Å². The minimum absolute atomic E-state index is 0.398. The maximum atomic E-state index is 6.02. The van der Waals surface area contributed by atoms with Crippen molar-refractivity contribution in [2.45, 2.75) is 51.6 Å². The van der Waals surface area contributed by atoms with Crippen molar-refractivity contribution in [2.24, 2.45) is 5.92 Å². The minimum atomic E-state index is 0.398. The number of halogens is 1. The topological polar surface area (TPSA) is 12.0 Å². The van der Waals surface area contributed by atoms with E-state index in [2.05, 4.69) is 31.3 Å². The zero-order valence-electron chi connectivity index (χ0n) is 10.7. The van der Waals surface area contributed by atoms with Crippen LogP contribution in [0.4, 0.5) is 0 Å². The molecule has 0 aromatic heterocycles. The monoisotopic (exact) mass is 251 g/mol. The smallest absolute Gasteiger partial charge is 0.0409 e. The molecule has 94 valence electrons. The van der Waals surface area contributed by atoms with Crippen molar-refractivity contribution < 1.29 is 0 Å². The Bertz CT molecular complexity index is 364. The van der Waals surface area contributed by atoms with E-state index in [-0.39, 0.29) is 0 Å². The summed E-state index contributed by atoms with van der Waals surface area (Å²) in [6.07, 6.45) is 5.37. The number of benzene rings is 1. The molecule has 0 saturated heterocycles. The lowest BCUT2D eigenvalue weighted by molar-refractivity contribution is 0.437. The molecule has 3 atom stereocenters. The summed E-state index contributed by atoms with van der Waals surface area (Å²) >= 11 is 6.02. The van der Waals surface area contributed by atoms with Gasteiger partial charge in [0, 0.05) is 17.1 Å². The summed E-state index contributed by atoms with van der Waals surface area (Å²) in [5.41, 5.74) is 1.29. The van der Waals surface area contributed by atoms with Crippen LogP contribution < -0.4 is 5.32 Å². The third-order valence-electron chi connectivity index (χ3n) is 3.95. The van der Waals surface area contributed by atoms with E-state index in [4.69, 9.17) is 11.6 Å². The Hall–Kier alpha value is -0.530. The van der Waals surface area contributed by atoms with Crippen molar-refractivity contribution in [1.82, 2.24) is 5.32 Å². The van der Waals surface area contributed by atoms with Gasteiger partial charge in [-0.1, -0.05) is 37.1 Å². The maximum absolute atomic E-state index is 6.02. The first-order chi connectivity index (χ1) is 8.19. The molecule has 0 bridgehead atoms. The zero-order chi connectivity index (χ0) is 12.3. The molecule has 2 unspecified atom stereocenters. The highest BCUT2D eigenvalue weighted by Crippen LogP contribution is 2.29. The lowest BCUT2D eigenvalue weighted by Gasteiger charge is -2.20. The standard InChI is InChI=1S/C15H22ClN/c1-3-12-7-8-15(9-12)17-11(2)13-5-4-6-14(16)10-13/h4-6,10-12,15,17H,3,7-9H2,1-2H3/t11-,12?,15?/m0/s1. The van der Waals surface area contributed by atoms with Crippen LogP contribution in [0.25, 0.3) is 0 Å². The van der Waals surface area contributed by atoms with Crippen molar-refractivity contribution in [3.05, 3.63) is 34.9 Å². The fourth-order valence-electron chi connectivity index (χ4n) is 2.82. The Kier molecular flexibility index (Phi) is 4.47. The molecule has 0 aliphatic heterocycles. The fourth-order valence-corrected chi connectivity index (χ4v) is 3.02. The SMILES string of the molecule is CCC1CCC(N[C@@H](C)c2cccc(Cl)c2)C1. The van der Waals surface area contributed by atoms with E-state index in [1.165, 1.54) is 31.2 Å². The van der Waals surface area contributed by atoms with Crippen molar-refractivity contribution in [3.8, 4) is 0 Å². The van der Waals surface area contributed by atoms with Gasteiger partial charge in [-0.25, -0.2) is 0 Å². The second kappa shape index (κ2) is 5.88. The van der Waals surface area contributed by atoms with Crippen molar-refractivity contribution in [1.29, 1.82) is 0 Å². The summed E-state index contributed by atoms with van der Waals surface area (Å²) < 4.78 is 0. The van der Waals surface area contributed by atoms with Crippen LogP contribution in [0.5, 0.6) is 0 Å². The molecule has 1 saturated carbocycles. The third-order valence-corrected chi connectivity index (χ3v) is 4.19. The Morgan fingerprint density at radius 1 is 1.41 bits per heavy atom. The molecule has 17 heavy (non-hydrogen) atoms. The molecular formula is C15H22ClN. The van der Waals surface area contributed by atoms with E-state index in [9.17, 15) is 0 Å². The molecule has 0 radical (unpaired) electrons. The van der Waals surface area contributed by atoms with E-state index in [1.54, 1.807) is 0 Å². The molecule has 1 fully saturated rings. The highest BCUT2D eigenvalue weighted by molar-refractivity contribution is 6.30. The van der Waals surface area contributed by atoms with Crippen LogP contribution in [-0.4, -0.2) is 6.04 Å². The van der Waals surface area contributed by atoms with E-state index < -0.39 is 0 Å².